The number of benzene rings is 2. The Kier molecular flexibility index (Phi) is 4.37. The summed E-state index contributed by atoms with van der Waals surface area (Å²) in [5, 5.41) is 0.377. The number of nitrogens with one attached hydrogen (secondary N) is 1. The predicted octanol–water partition coefficient (Wildman–Crippen LogP) is 4.05. The summed E-state index contributed by atoms with van der Waals surface area (Å²) in [5.74, 6) is 0. The molecule has 0 spiro atoms. The molecule has 0 bridgehead atoms. The fraction of sp³-hybridized carbons (Fsp3) is 0.0769. The first-order valence-electron chi connectivity index (χ1n) is 5.43. The Labute approximate surface area is 131 Å². The second kappa shape index (κ2) is 5.68. The van der Waals surface area contributed by atoms with Crippen LogP contribution in [-0.2, 0) is 10.0 Å². The summed E-state index contributed by atoms with van der Waals surface area (Å²) in [6, 6.07) is 11.8. The van der Waals surface area contributed by atoms with Crippen LogP contribution in [0.2, 0.25) is 5.02 Å². The molecule has 2 rings (SSSR count). The van der Waals surface area contributed by atoms with Gasteiger partial charge in [-0.1, -0.05) is 29.3 Å². The van der Waals surface area contributed by atoms with Crippen LogP contribution in [0.5, 0.6) is 0 Å². The molecule has 0 aliphatic rings. The van der Waals surface area contributed by atoms with Gasteiger partial charge in [0.2, 0.25) is 0 Å². The molecule has 0 atom stereocenters. The Hall–Kier alpha value is -0.790. The number of hydrogen-bond donors (Lipinski definition) is 1. The number of rotatable bonds is 3. The Morgan fingerprint density at radius 1 is 1.11 bits per heavy atom. The van der Waals surface area contributed by atoms with Crippen molar-refractivity contribution in [3.63, 3.8) is 0 Å². The van der Waals surface area contributed by atoms with Crippen LogP contribution in [0.4, 0.5) is 5.69 Å². The topological polar surface area (TPSA) is 46.2 Å². The first kappa shape index (κ1) is 14.6. The maximum Gasteiger partial charge on any atom is 0.261 e. The average Bonchev–Trinajstić information content (AvgIpc) is 2.33. The van der Waals surface area contributed by atoms with Gasteiger partial charge in [0.15, 0.2) is 0 Å². The van der Waals surface area contributed by atoms with E-state index in [1.165, 1.54) is 0 Å². The summed E-state index contributed by atoms with van der Waals surface area (Å²) < 4.78 is 27.8. The normalized spacial score (nSPS) is 11.3. The lowest BCUT2D eigenvalue weighted by molar-refractivity contribution is 0.601. The third kappa shape index (κ3) is 3.61. The van der Waals surface area contributed by atoms with E-state index in [2.05, 4.69) is 27.3 Å². The highest BCUT2D eigenvalue weighted by molar-refractivity contribution is 14.1. The van der Waals surface area contributed by atoms with E-state index in [1.807, 2.05) is 6.92 Å². The molecular formula is C13H11ClINO2S. The van der Waals surface area contributed by atoms with Gasteiger partial charge in [0.05, 0.1) is 15.6 Å². The molecule has 0 amide bonds. The summed E-state index contributed by atoms with van der Waals surface area (Å²) >= 11 is 8.13. The average molecular weight is 408 g/mol. The molecule has 6 heteroatoms. The standard InChI is InChI=1S/C13H11ClINO2S/c1-9-2-5-11(6-3-9)19(17,18)16-13-7-4-10(15)8-12(13)14/h2-8,16H,1H3. The predicted molar refractivity (Wildman–Crippen MR) is 86.2 cm³/mol. The minimum absolute atomic E-state index is 0.215. The Morgan fingerprint density at radius 2 is 1.74 bits per heavy atom. The van der Waals surface area contributed by atoms with Crippen LogP contribution in [0.25, 0.3) is 0 Å². The van der Waals surface area contributed by atoms with E-state index >= 15 is 0 Å². The Balaban J connectivity index is 2.33. The van der Waals surface area contributed by atoms with Gasteiger partial charge < -0.3 is 0 Å². The largest absolute Gasteiger partial charge is 0.278 e. The SMILES string of the molecule is Cc1ccc(S(=O)(=O)Nc2ccc(I)cc2Cl)cc1. The third-order valence-corrected chi connectivity index (χ3v) is 4.87. The fourth-order valence-electron chi connectivity index (χ4n) is 1.49. The van der Waals surface area contributed by atoms with E-state index < -0.39 is 10.0 Å². The van der Waals surface area contributed by atoms with Gasteiger partial charge in [-0.15, -0.1) is 0 Å². The zero-order valence-corrected chi connectivity index (χ0v) is 13.8. The van der Waals surface area contributed by atoms with E-state index in [1.54, 1.807) is 42.5 Å². The van der Waals surface area contributed by atoms with Gasteiger partial charge in [0.1, 0.15) is 0 Å². The summed E-state index contributed by atoms with van der Waals surface area (Å²) in [7, 11) is -3.60. The van der Waals surface area contributed by atoms with Crippen molar-refractivity contribution in [2.24, 2.45) is 0 Å². The Bertz CT molecular complexity index is 699. The summed E-state index contributed by atoms with van der Waals surface area (Å²) in [4.78, 5) is 0.215. The lowest BCUT2D eigenvalue weighted by Crippen LogP contribution is -2.13. The van der Waals surface area contributed by atoms with Crippen LogP contribution in [0.15, 0.2) is 47.4 Å². The second-order valence-electron chi connectivity index (χ2n) is 4.04. The molecule has 0 heterocycles. The van der Waals surface area contributed by atoms with Crippen LogP contribution in [0, 0.1) is 10.5 Å². The van der Waals surface area contributed by atoms with Crippen molar-refractivity contribution in [2.75, 3.05) is 4.72 Å². The number of halogens is 2. The molecule has 2 aromatic rings. The highest BCUT2D eigenvalue weighted by Crippen LogP contribution is 2.26. The molecule has 0 aliphatic heterocycles. The third-order valence-electron chi connectivity index (χ3n) is 2.51. The van der Waals surface area contributed by atoms with E-state index in [0.29, 0.717) is 10.7 Å². The molecule has 1 N–H and O–H groups in total. The fourth-order valence-corrected chi connectivity index (χ4v) is 3.53. The summed E-state index contributed by atoms with van der Waals surface area (Å²) in [6.07, 6.45) is 0. The van der Waals surface area contributed by atoms with Crippen LogP contribution >= 0.6 is 34.2 Å². The minimum Gasteiger partial charge on any atom is -0.278 e. The highest BCUT2D eigenvalue weighted by atomic mass is 127. The van der Waals surface area contributed by atoms with Gasteiger partial charge >= 0.3 is 0 Å². The van der Waals surface area contributed by atoms with Gasteiger partial charge in [-0.05, 0) is 59.8 Å². The minimum atomic E-state index is -3.60. The zero-order chi connectivity index (χ0) is 14.0. The van der Waals surface area contributed by atoms with Crippen molar-refractivity contribution in [3.05, 3.63) is 56.6 Å². The van der Waals surface area contributed by atoms with E-state index in [9.17, 15) is 8.42 Å². The monoisotopic (exact) mass is 407 g/mol. The molecule has 0 aromatic heterocycles. The van der Waals surface area contributed by atoms with Crippen LogP contribution in [-0.4, -0.2) is 8.42 Å². The molecule has 0 radical (unpaired) electrons. The van der Waals surface area contributed by atoms with E-state index in [-0.39, 0.29) is 4.90 Å². The van der Waals surface area contributed by atoms with Gasteiger partial charge in [0, 0.05) is 3.57 Å². The molecule has 0 fully saturated rings. The number of aryl methyl sites for hydroxylation is 1. The van der Waals surface area contributed by atoms with E-state index in [0.717, 1.165) is 9.13 Å². The summed E-state index contributed by atoms with van der Waals surface area (Å²) in [6.45, 7) is 1.90. The lowest BCUT2D eigenvalue weighted by Gasteiger charge is -2.10. The summed E-state index contributed by atoms with van der Waals surface area (Å²) in [5.41, 5.74) is 1.38. The molecular weight excluding hydrogens is 397 g/mol. The quantitative estimate of drug-likeness (QED) is 0.780. The van der Waals surface area contributed by atoms with Crippen LogP contribution in [0.3, 0.4) is 0 Å². The van der Waals surface area contributed by atoms with Crippen molar-refractivity contribution in [2.45, 2.75) is 11.8 Å². The molecule has 19 heavy (non-hydrogen) atoms. The maximum atomic E-state index is 12.2. The molecule has 3 nitrogen and oxygen atoms in total. The first-order valence-corrected chi connectivity index (χ1v) is 8.37. The van der Waals surface area contributed by atoms with E-state index in [4.69, 9.17) is 11.6 Å². The molecule has 0 aliphatic carbocycles. The highest BCUT2D eigenvalue weighted by Gasteiger charge is 2.15. The van der Waals surface area contributed by atoms with Crippen molar-refractivity contribution in [1.29, 1.82) is 0 Å². The van der Waals surface area contributed by atoms with Gasteiger partial charge in [-0.25, -0.2) is 8.42 Å². The van der Waals surface area contributed by atoms with Gasteiger partial charge in [0.25, 0.3) is 10.0 Å². The number of hydrogen-bond acceptors (Lipinski definition) is 2. The van der Waals surface area contributed by atoms with Crippen molar-refractivity contribution in [1.82, 2.24) is 0 Å². The van der Waals surface area contributed by atoms with Crippen LogP contribution in [0.1, 0.15) is 5.56 Å². The number of sulfonamides is 1. The van der Waals surface area contributed by atoms with Crippen LogP contribution < -0.4 is 4.72 Å². The maximum absolute atomic E-state index is 12.2. The molecule has 0 saturated carbocycles. The second-order valence-corrected chi connectivity index (χ2v) is 7.38. The number of anilines is 1. The molecule has 0 saturated heterocycles. The molecule has 100 valence electrons. The van der Waals surface area contributed by atoms with Gasteiger partial charge in [-0.2, -0.15) is 0 Å². The first-order chi connectivity index (χ1) is 8.88. The lowest BCUT2D eigenvalue weighted by atomic mass is 10.2. The van der Waals surface area contributed by atoms with Crippen molar-refractivity contribution >= 4 is 49.9 Å². The van der Waals surface area contributed by atoms with Crippen molar-refractivity contribution < 1.29 is 8.42 Å². The molecule has 2 aromatic carbocycles. The van der Waals surface area contributed by atoms with Crippen molar-refractivity contribution in [3.8, 4) is 0 Å². The molecule has 0 unspecified atom stereocenters. The Morgan fingerprint density at radius 3 is 2.32 bits per heavy atom. The van der Waals surface area contributed by atoms with Gasteiger partial charge in [-0.3, -0.25) is 4.72 Å². The smallest absolute Gasteiger partial charge is 0.261 e. The zero-order valence-electron chi connectivity index (χ0n) is 10.0.